The number of benzene rings is 11. The Hall–Kier alpha value is -6.28. The summed E-state index contributed by atoms with van der Waals surface area (Å²) in [7, 11) is 0. The molecular formula is C50H28S. The van der Waals surface area contributed by atoms with Gasteiger partial charge in [0.25, 0.3) is 0 Å². The van der Waals surface area contributed by atoms with Crippen LogP contribution in [-0.2, 0) is 0 Å². The molecule has 0 aliphatic rings. The monoisotopic (exact) mass is 660 g/mol. The molecule has 0 fully saturated rings. The van der Waals surface area contributed by atoms with Crippen molar-refractivity contribution in [3.05, 3.63) is 170 Å². The Bertz CT molecular complexity index is 3330. The topological polar surface area (TPSA) is 0 Å². The van der Waals surface area contributed by atoms with Crippen LogP contribution >= 0.6 is 11.3 Å². The maximum Gasteiger partial charge on any atom is 0.0434 e. The Balaban J connectivity index is 1.02. The molecule has 0 N–H and O–H groups in total. The highest BCUT2D eigenvalue weighted by Gasteiger charge is 2.18. The van der Waals surface area contributed by atoms with E-state index in [1.807, 2.05) is 11.3 Å². The van der Waals surface area contributed by atoms with Crippen molar-refractivity contribution >= 4 is 96.1 Å². The Labute approximate surface area is 298 Å². The molecule has 234 valence electrons. The van der Waals surface area contributed by atoms with E-state index in [9.17, 15) is 0 Å². The van der Waals surface area contributed by atoms with Crippen LogP contribution < -0.4 is 0 Å². The minimum atomic E-state index is 1.24. The highest BCUT2D eigenvalue weighted by atomic mass is 32.1. The van der Waals surface area contributed by atoms with Crippen LogP contribution in [0.4, 0.5) is 0 Å². The lowest BCUT2D eigenvalue weighted by atomic mass is 9.86. The average molecular weight is 661 g/mol. The summed E-state index contributed by atoms with van der Waals surface area (Å²) in [4.78, 5) is 0. The molecule has 1 heteroatoms. The van der Waals surface area contributed by atoms with Crippen LogP contribution in [0.1, 0.15) is 0 Å². The maximum absolute atomic E-state index is 2.34. The van der Waals surface area contributed by atoms with Gasteiger partial charge < -0.3 is 0 Å². The minimum Gasteiger partial charge on any atom is -0.135 e. The van der Waals surface area contributed by atoms with Crippen LogP contribution in [-0.4, -0.2) is 0 Å². The molecule has 0 spiro atoms. The quantitative estimate of drug-likeness (QED) is 0.165. The molecule has 0 saturated heterocycles. The molecule has 11 aromatic carbocycles. The van der Waals surface area contributed by atoms with E-state index in [1.54, 1.807) is 0 Å². The third-order valence-electron chi connectivity index (χ3n) is 11.4. The molecule has 0 atom stereocenters. The third kappa shape index (κ3) is 3.79. The molecule has 0 nitrogen and oxygen atoms in total. The highest BCUT2D eigenvalue weighted by Crippen LogP contribution is 2.46. The summed E-state index contributed by atoms with van der Waals surface area (Å²) in [6.45, 7) is 0. The summed E-state index contributed by atoms with van der Waals surface area (Å²) in [5, 5.41) is 18.5. The summed E-state index contributed by atoms with van der Waals surface area (Å²) in [6, 6.07) is 63.7. The van der Waals surface area contributed by atoms with E-state index in [1.165, 1.54) is 118 Å². The average Bonchev–Trinajstić information content (AvgIpc) is 3.58. The SMILES string of the molecule is c1cc2ccc3ccc(-c4ccc(-c5ccc6ccc7c(-c8cccc9c8sc8ccccc89)ccc8ccc5c6c87)cc4)c4ccc(c1)c2c34. The lowest BCUT2D eigenvalue weighted by Gasteiger charge is -2.17. The standard InChI is InChI=1S/C50H28S/c1-2-10-45-39(7-1)44-9-4-8-43(50(44)51-45)38-25-19-35-21-27-41-37(24-18-34-22-28-42(38)49(35)48(34)41)30-13-11-29(12-14-30)36-23-17-33-16-15-31-5-3-6-32-20-26-40(36)47(33)46(31)32/h1-28H. The number of thiophene rings is 1. The van der Waals surface area contributed by atoms with E-state index in [-0.39, 0.29) is 0 Å². The second-order valence-corrected chi connectivity index (χ2v) is 15.0. The molecule has 1 aromatic heterocycles. The predicted octanol–water partition coefficient (Wildman–Crippen LogP) is 14.9. The Morgan fingerprint density at radius 2 is 0.706 bits per heavy atom. The van der Waals surface area contributed by atoms with Gasteiger partial charge in [-0.3, -0.25) is 0 Å². The van der Waals surface area contributed by atoms with Crippen molar-refractivity contribution in [1.29, 1.82) is 0 Å². The lowest BCUT2D eigenvalue weighted by molar-refractivity contribution is 1.64. The second-order valence-electron chi connectivity index (χ2n) is 14.0. The zero-order valence-corrected chi connectivity index (χ0v) is 28.4. The van der Waals surface area contributed by atoms with Crippen LogP contribution in [0.2, 0.25) is 0 Å². The predicted molar refractivity (Wildman–Crippen MR) is 223 cm³/mol. The van der Waals surface area contributed by atoms with Crippen molar-refractivity contribution in [2.24, 2.45) is 0 Å². The van der Waals surface area contributed by atoms with Crippen molar-refractivity contribution in [2.75, 3.05) is 0 Å². The molecule has 51 heavy (non-hydrogen) atoms. The first-order valence-corrected chi connectivity index (χ1v) is 18.5. The van der Waals surface area contributed by atoms with Crippen molar-refractivity contribution in [2.45, 2.75) is 0 Å². The van der Waals surface area contributed by atoms with Gasteiger partial charge in [0.1, 0.15) is 0 Å². The molecule has 0 radical (unpaired) electrons. The summed E-state index contributed by atoms with van der Waals surface area (Å²) in [5.41, 5.74) is 7.66. The van der Waals surface area contributed by atoms with Gasteiger partial charge in [0.15, 0.2) is 0 Å². The van der Waals surface area contributed by atoms with E-state index in [0.717, 1.165) is 0 Å². The molecular weight excluding hydrogens is 633 g/mol. The maximum atomic E-state index is 2.34. The molecule has 0 amide bonds. The van der Waals surface area contributed by atoms with Gasteiger partial charge in [0.2, 0.25) is 0 Å². The van der Waals surface area contributed by atoms with Crippen molar-refractivity contribution in [3.8, 4) is 33.4 Å². The van der Waals surface area contributed by atoms with Gasteiger partial charge in [0, 0.05) is 25.7 Å². The van der Waals surface area contributed by atoms with Gasteiger partial charge in [-0.15, -0.1) is 11.3 Å². The van der Waals surface area contributed by atoms with Gasteiger partial charge in [-0.05, 0) is 98.5 Å². The van der Waals surface area contributed by atoms with Crippen LogP contribution in [0.25, 0.3) is 118 Å². The van der Waals surface area contributed by atoms with Crippen LogP contribution in [0.3, 0.4) is 0 Å². The number of hydrogen-bond acceptors (Lipinski definition) is 1. The first-order chi connectivity index (χ1) is 25.3. The van der Waals surface area contributed by atoms with Gasteiger partial charge in [-0.2, -0.15) is 0 Å². The summed E-state index contributed by atoms with van der Waals surface area (Å²) < 4.78 is 2.70. The fourth-order valence-corrected chi connectivity index (χ4v) is 10.3. The summed E-state index contributed by atoms with van der Waals surface area (Å²) >= 11 is 1.90. The Morgan fingerprint density at radius 3 is 1.33 bits per heavy atom. The van der Waals surface area contributed by atoms with Crippen molar-refractivity contribution in [1.82, 2.24) is 0 Å². The first kappa shape index (κ1) is 27.5. The van der Waals surface area contributed by atoms with Crippen LogP contribution in [0, 0.1) is 0 Å². The number of rotatable bonds is 3. The van der Waals surface area contributed by atoms with E-state index in [0.29, 0.717) is 0 Å². The van der Waals surface area contributed by atoms with Crippen LogP contribution in [0.5, 0.6) is 0 Å². The molecule has 0 aliphatic heterocycles. The molecule has 1 heterocycles. The Morgan fingerprint density at radius 1 is 0.255 bits per heavy atom. The molecule has 0 bridgehead atoms. The molecule has 12 rings (SSSR count). The lowest BCUT2D eigenvalue weighted by Crippen LogP contribution is -1.90. The van der Waals surface area contributed by atoms with E-state index in [4.69, 9.17) is 0 Å². The molecule has 0 aliphatic carbocycles. The van der Waals surface area contributed by atoms with E-state index >= 15 is 0 Å². The molecule has 0 unspecified atom stereocenters. The van der Waals surface area contributed by atoms with Gasteiger partial charge >= 0.3 is 0 Å². The summed E-state index contributed by atoms with van der Waals surface area (Å²) in [6.07, 6.45) is 0. The number of fused-ring (bicyclic) bond motifs is 3. The van der Waals surface area contributed by atoms with Gasteiger partial charge in [0.05, 0.1) is 0 Å². The zero-order chi connectivity index (χ0) is 33.2. The first-order valence-electron chi connectivity index (χ1n) is 17.7. The number of hydrogen-bond donors (Lipinski definition) is 0. The zero-order valence-electron chi connectivity index (χ0n) is 27.6. The Kier molecular flexibility index (Phi) is 5.47. The molecule has 0 saturated carbocycles. The van der Waals surface area contributed by atoms with Gasteiger partial charge in [-0.1, -0.05) is 164 Å². The largest absolute Gasteiger partial charge is 0.135 e. The van der Waals surface area contributed by atoms with E-state index < -0.39 is 0 Å². The fraction of sp³-hybridized carbons (Fsp3) is 0. The van der Waals surface area contributed by atoms with Gasteiger partial charge in [-0.25, -0.2) is 0 Å². The smallest absolute Gasteiger partial charge is 0.0434 e. The molecule has 12 aromatic rings. The summed E-state index contributed by atoms with van der Waals surface area (Å²) in [5.74, 6) is 0. The minimum absolute atomic E-state index is 1.24. The highest BCUT2D eigenvalue weighted by molar-refractivity contribution is 7.26. The normalized spacial score (nSPS) is 12.3. The van der Waals surface area contributed by atoms with E-state index in [2.05, 4.69) is 170 Å². The second kappa shape index (κ2) is 10.1. The van der Waals surface area contributed by atoms with Crippen LogP contribution in [0.15, 0.2) is 170 Å². The fourth-order valence-electron chi connectivity index (χ4n) is 9.06. The van der Waals surface area contributed by atoms with Crippen molar-refractivity contribution < 1.29 is 0 Å². The third-order valence-corrected chi connectivity index (χ3v) is 12.6. The van der Waals surface area contributed by atoms with Crippen molar-refractivity contribution in [3.63, 3.8) is 0 Å².